The Morgan fingerprint density at radius 2 is 0.534 bits per heavy atom. The molecular weight excluding hydrogens is 901 g/mol. The third-order valence-electron chi connectivity index (χ3n) is 13.1. The third-order valence-corrected chi connectivity index (χ3v) is 13.1. The van der Waals surface area contributed by atoms with Gasteiger partial charge in [0, 0.05) is 19.3 Å². The molecule has 0 radical (unpaired) electrons. The minimum Gasteiger partial charge on any atom is -0.462 e. The van der Waals surface area contributed by atoms with E-state index in [9.17, 15) is 14.4 Å². The topological polar surface area (TPSA) is 78.9 Å². The van der Waals surface area contributed by atoms with E-state index in [1.807, 2.05) is 0 Å². The first-order valence-electron chi connectivity index (χ1n) is 30.7. The van der Waals surface area contributed by atoms with E-state index >= 15 is 0 Å². The van der Waals surface area contributed by atoms with Gasteiger partial charge in [0.2, 0.25) is 0 Å². The molecule has 0 aliphatic carbocycles. The van der Waals surface area contributed by atoms with E-state index in [-0.39, 0.29) is 37.5 Å². The lowest BCUT2D eigenvalue weighted by Gasteiger charge is -2.18. The molecule has 0 aromatic heterocycles. The number of carbonyl (C=O) groups is 3. The highest BCUT2D eigenvalue weighted by molar-refractivity contribution is 5.71. The first-order chi connectivity index (χ1) is 36.0. The highest BCUT2D eigenvalue weighted by Crippen LogP contribution is 2.16. The van der Waals surface area contributed by atoms with Crippen molar-refractivity contribution in [1.82, 2.24) is 0 Å². The van der Waals surface area contributed by atoms with Crippen LogP contribution in [-0.4, -0.2) is 37.2 Å². The normalized spacial score (nSPS) is 12.8. The number of rotatable bonds is 55. The Labute approximate surface area is 451 Å². The summed E-state index contributed by atoms with van der Waals surface area (Å²) in [5, 5.41) is 0. The highest BCUT2D eigenvalue weighted by Gasteiger charge is 2.19. The van der Waals surface area contributed by atoms with Crippen LogP contribution in [0.2, 0.25) is 0 Å². The van der Waals surface area contributed by atoms with E-state index in [0.29, 0.717) is 19.3 Å². The fourth-order valence-electron chi connectivity index (χ4n) is 8.54. The predicted molar refractivity (Wildman–Crippen MR) is 316 cm³/mol. The van der Waals surface area contributed by atoms with E-state index in [1.54, 1.807) is 0 Å². The molecule has 0 amide bonds. The summed E-state index contributed by atoms with van der Waals surface area (Å²) in [6.45, 7) is 6.37. The molecule has 6 nitrogen and oxygen atoms in total. The molecule has 0 N–H and O–H groups in total. The molecule has 0 aliphatic rings. The van der Waals surface area contributed by atoms with Gasteiger partial charge < -0.3 is 14.2 Å². The largest absolute Gasteiger partial charge is 0.462 e. The number of hydrogen-bond donors (Lipinski definition) is 0. The molecule has 418 valence electrons. The van der Waals surface area contributed by atoms with E-state index in [1.165, 1.54) is 141 Å². The van der Waals surface area contributed by atoms with Crippen LogP contribution in [0.15, 0.2) is 97.2 Å². The van der Waals surface area contributed by atoms with Gasteiger partial charge in [-0.1, -0.05) is 272 Å². The Balaban J connectivity index is 4.12. The molecule has 0 saturated heterocycles. The third kappa shape index (κ3) is 59.1. The average molecular weight is 1020 g/mol. The zero-order chi connectivity index (χ0) is 52.9. The second-order valence-corrected chi connectivity index (χ2v) is 20.2. The smallest absolute Gasteiger partial charge is 0.306 e. The summed E-state index contributed by atoms with van der Waals surface area (Å²) < 4.78 is 16.8. The molecule has 0 saturated carbocycles. The van der Waals surface area contributed by atoms with Crippen LogP contribution >= 0.6 is 0 Å². The van der Waals surface area contributed by atoms with Crippen LogP contribution in [0, 0.1) is 0 Å². The lowest BCUT2D eigenvalue weighted by Crippen LogP contribution is -2.30. The highest BCUT2D eigenvalue weighted by atomic mass is 16.6. The molecule has 0 fully saturated rings. The van der Waals surface area contributed by atoms with Crippen molar-refractivity contribution in [1.29, 1.82) is 0 Å². The minimum absolute atomic E-state index is 0.0907. The van der Waals surface area contributed by atoms with Gasteiger partial charge >= 0.3 is 17.9 Å². The second-order valence-electron chi connectivity index (χ2n) is 20.2. The first-order valence-corrected chi connectivity index (χ1v) is 30.7. The SMILES string of the molecule is CC/C=C\C/C=C\C/C=C\C/C=C\CCCCCCCCCCCCCCCCCCCCC(=O)OCC(COC(=O)CCCCCCCCCCC)OC(=O)CCCC/C=C\C/C=C\C/C=C\C/C=C\CC. The summed E-state index contributed by atoms with van der Waals surface area (Å²) >= 11 is 0. The number of ether oxygens (including phenoxy) is 3. The van der Waals surface area contributed by atoms with E-state index in [2.05, 4.69) is 118 Å². The molecule has 1 unspecified atom stereocenters. The van der Waals surface area contributed by atoms with Crippen LogP contribution in [0.4, 0.5) is 0 Å². The number of hydrogen-bond acceptors (Lipinski definition) is 6. The quantitative estimate of drug-likeness (QED) is 0.0261. The number of esters is 3. The van der Waals surface area contributed by atoms with Crippen molar-refractivity contribution in [3.05, 3.63) is 97.2 Å². The van der Waals surface area contributed by atoms with Gasteiger partial charge in [-0.25, -0.2) is 0 Å². The van der Waals surface area contributed by atoms with Crippen LogP contribution in [0.25, 0.3) is 0 Å². The zero-order valence-corrected chi connectivity index (χ0v) is 47.9. The van der Waals surface area contributed by atoms with Gasteiger partial charge in [-0.15, -0.1) is 0 Å². The van der Waals surface area contributed by atoms with Crippen LogP contribution < -0.4 is 0 Å². The Morgan fingerprint density at radius 1 is 0.288 bits per heavy atom. The van der Waals surface area contributed by atoms with E-state index in [4.69, 9.17) is 14.2 Å². The molecule has 73 heavy (non-hydrogen) atoms. The van der Waals surface area contributed by atoms with Gasteiger partial charge in [-0.05, 0) is 96.3 Å². The fourth-order valence-corrected chi connectivity index (χ4v) is 8.54. The molecule has 0 heterocycles. The first kappa shape index (κ1) is 69.3. The molecule has 0 aliphatic heterocycles. The number of carbonyl (C=O) groups excluding carboxylic acids is 3. The van der Waals surface area contributed by atoms with Crippen LogP contribution in [0.3, 0.4) is 0 Å². The summed E-state index contributed by atoms with van der Waals surface area (Å²) in [6, 6.07) is 0. The standard InChI is InChI=1S/C67H114O6/c1-4-7-10-13-16-19-21-23-25-26-27-28-29-30-31-32-33-34-35-36-37-38-39-40-42-43-45-48-51-54-57-60-66(69)72-63-64(62-71-65(68)59-56-53-50-47-18-15-12-9-6-3)73-67(70)61-58-55-52-49-46-44-41-24-22-20-17-14-11-8-5-2/h7-8,10-11,16-17,19-20,23-25,27-28,41,46,49,64H,4-6,9,12-15,18,21-22,26,29-40,42-45,47-48,50-63H2,1-3H3/b10-7-,11-8-,19-16-,20-17-,25-23-,28-27-,41-24-,49-46-. The van der Waals surface area contributed by atoms with Gasteiger partial charge in [0.15, 0.2) is 6.10 Å². The summed E-state index contributed by atoms with van der Waals surface area (Å²) in [5.74, 6) is -0.928. The maximum atomic E-state index is 12.8. The summed E-state index contributed by atoms with van der Waals surface area (Å²) in [7, 11) is 0. The molecule has 0 spiro atoms. The Hall–Kier alpha value is -3.67. The lowest BCUT2D eigenvalue weighted by molar-refractivity contribution is -0.167. The Morgan fingerprint density at radius 3 is 0.863 bits per heavy atom. The van der Waals surface area contributed by atoms with Crippen molar-refractivity contribution in [3.63, 3.8) is 0 Å². The maximum Gasteiger partial charge on any atom is 0.306 e. The number of allylic oxidation sites excluding steroid dienone is 16. The second kappa shape index (κ2) is 60.9. The molecule has 6 heteroatoms. The van der Waals surface area contributed by atoms with E-state index in [0.717, 1.165) is 103 Å². The van der Waals surface area contributed by atoms with Crippen molar-refractivity contribution >= 4 is 17.9 Å². The van der Waals surface area contributed by atoms with Crippen LogP contribution in [0.5, 0.6) is 0 Å². The number of unbranched alkanes of at least 4 members (excludes halogenated alkanes) is 28. The zero-order valence-electron chi connectivity index (χ0n) is 47.9. The van der Waals surface area contributed by atoms with Gasteiger partial charge in [0.05, 0.1) is 0 Å². The maximum absolute atomic E-state index is 12.8. The van der Waals surface area contributed by atoms with Crippen LogP contribution in [0.1, 0.15) is 290 Å². The molecular formula is C67H114O6. The monoisotopic (exact) mass is 1010 g/mol. The molecule has 0 bridgehead atoms. The summed E-state index contributed by atoms with van der Waals surface area (Å²) in [4.78, 5) is 38.0. The minimum atomic E-state index is -0.795. The van der Waals surface area contributed by atoms with E-state index < -0.39 is 6.10 Å². The van der Waals surface area contributed by atoms with Crippen molar-refractivity contribution in [2.24, 2.45) is 0 Å². The van der Waals surface area contributed by atoms with Crippen molar-refractivity contribution in [2.75, 3.05) is 13.2 Å². The molecule has 0 aromatic carbocycles. The van der Waals surface area contributed by atoms with Crippen molar-refractivity contribution in [3.8, 4) is 0 Å². The molecule has 0 rings (SSSR count). The summed E-state index contributed by atoms with van der Waals surface area (Å²) in [5.41, 5.74) is 0. The van der Waals surface area contributed by atoms with Gasteiger partial charge in [-0.2, -0.15) is 0 Å². The average Bonchev–Trinajstić information content (AvgIpc) is 3.39. The van der Waals surface area contributed by atoms with Gasteiger partial charge in [-0.3, -0.25) is 14.4 Å². The predicted octanol–water partition coefficient (Wildman–Crippen LogP) is 20.9. The van der Waals surface area contributed by atoms with Crippen molar-refractivity contribution < 1.29 is 28.6 Å². The van der Waals surface area contributed by atoms with Gasteiger partial charge in [0.25, 0.3) is 0 Å². The van der Waals surface area contributed by atoms with Crippen LogP contribution in [-0.2, 0) is 28.6 Å². The Kier molecular flexibility index (Phi) is 57.8. The fraction of sp³-hybridized carbons (Fsp3) is 0.716. The van der Waals surface area contributed by atoms with Gasteiger partial charge in [0.1, 0.15) is 13.2 Å². The molecule has 0 aromatic rings. The lowest BCUT2D eigenvalue weighted by atomic mass is 10.0. The van der Waals surface area contributed by atoms with Crippen molar-refractivity contribution in [2.45, 2.75) is 297 Å². The molecule has 1 atom stereocenters. The Bertz CT molecular complexity index is 1440. The summed E-state index contributed by atoms with van der Waals surface area (Å²) in [6.07, 6.45) is 81.5.